The molecule has 2 amide bonds. The van der Waals surface area contributed by atoms with E-state index < -0.39 is 0 Å². The molecular formula is C43H48ClFN4O4. The lowest BCUT2D eigenvalue weighted by Crippen LogP contribution is -2.41. The summed E-state index contributed by atoms with van der Waals surface area (Å²) in [6.45, 7) is 7.86. The van der Waals surface area contributed by atoms with Crippen LogP contribution >= 0.6 is 11.6 Å². The highest BCUT2D eigenvalue weighted by Gasteiger charge is 2.28. The number of halogens is 2. The molecule has 2 saturated heterocycles. The summed E-state index contributed by atoms with van der Waals surface area (Å²) in [5.74, 6) is 0.234. The summed E-state index contributed by atoms with van der Waals surface area (Å²) in [4.78, 5) is 40.7. The van der Waals surface area contributed by atoms with E-state index in [0.29, 0.717) is 42.4 Å². The largest absolute Gasteiger partial charge is 0.496 e. The zero-order valence-corrected chi connectivity index (χ0v) is 31.8. The molecule has 2 fully saturated rings. The maximum Gasteiger partial charge on any atom is 0.253 e. The predicted molar refractivity (Wildman–Crippen MR) is 207 cm³/mol. The minimum absolute atomic E-state index is 0.000644. The smallest absolute Gasteiger partial charge is 0.253 e. The van der Waals surface area contributed by atoms with Crippen molar-refractivity contribution >= 4 is 29.1 Å². The Labute approximate surface area is 315 Å². The number of ether oxygens (including phenoxy) is 1. The van der Waals surface area contributed by atoms with E-state index in [9.17, 15) is 14.4 Å². The van der Waals surface area contributed by atoms with Gasteiger partial charge in [-0.15, -0.1) is 0 Å². The van der Waals surface area contributed by atoms with Crippen LogP contribution in [0.4, 0.5) is 10.1 Å². The van der Waals surface area contributed by atoms with E-state index in [0.717, 1.165) is 91.0 Å². The zero-order valence-electron chi connectivity index (χ0n) is 31.1. The number of carbonyl (C=O) groups is 2. The minimum Gasteiger partial charge on any atom is -0.496 e. The van der Waals surface area contributed by atoms with Crippen LogP contribution in [0, 0.1) is 31.5 Å². The van der Waals surface area contributed by atoms with Gasteiger partial charge in [-0.05, 0) is 116 Å². The van der Waals surface area contributed by atoms with Crippen LogP contribution in [0.5, 0.6) is 5.75 Å². The van der Waals surface area contributed by atoms with E-state index in [2.05, 4.69) is 33.3 Å². The van der Waals surface area contributed by atoms with E-state index in [-0.39, 0.29) is 29.1 Å². The molecule has 7 rings (SSSR count). The molecular weight excluding hydrogens is 691 g/mol. The second kappa shape index (κ2) is 15.5. The highest BCUT2D eigenvalue weighted by Crippen LogP contribution is 2.37. The molecule has 0 unspecified atom stereocenters. The van der Waals surface area contributed by atoms with E-state index >= 15 is 4.39 Å². The molecule has 3 aliphatic rings. The molecule has 0 bridgehead atoms. The van der Waals surface area contributed by atoms with Crippen LogP contribution in [-0.2, 0) is 49.0 Å². The molecule has 4 heterocycles. The van der Waals surface area contributed by atoms with Gasteiger partial charge in [0.1, 0.15) is 11.6 Å². The Hall–Kier alpha value is -4.47. The normalized spacial score (nSPS) is 18.2. The summed E-state index contributed by atoms with van der Waals surface area (Å²) in [6.07, 6.45) is 7.13. The van der Waals surface area contributed by atoms with Crippen LogP contribution in [0.1, 0.15) is 64.6 Å². The number of benzene rings is 3. The summed E-state index contributed by atoms with van der Waals surface area (Å²) in [7, 11) is 3.45. The summed E-state index contributed by atoms with van der Waals surface area (Å²) in [5.41, 5.74) is 10.2. The number of methoxy groups -OCH3 is 1. The van der Waals surface area contributed by atoms with Crippen molar-refractivity contribution in [3.63, 3.8) is 0 Å². The van der Waals surface area contributed by atoms with Gasteiger partial charge in [0.15, 0.2) is 0 Å². The lowest BCUT2D eigenvalue weighted by atomic mass is 9.85. The van der Waals surface area contributed by atoms with Crippen LogP contribution in [0.3, 0.4) is 0 Å². The Morgan fingerprint density at radius 1 is 0.943 bits per heavy atom. The highest BCUT2D eigenvalue weighted by atomic mass is 35.5. The summed E-state index contributed by atoms with van der Waals surface area (Å²) >= 11 is 6.97. The van der Waals surface area contributed by atoms with Crippen molar-refractivity contribution in [3.05, 3.63) is 115 Å². The first-order chi connectivity index (χ1) is 25.5. The third-order valence-corrected chi connectivity index (χ3v) is 12.1. The Morgan fingerprint density at radius 2 is 1.74 bits per heavy atom. The number of piperidine rings is 2. The number of anilines is 1. The number of nitrogens with one attached hydrogen (secondary N) is 1. The standard InChI is InChI=1S/C43H48ClFN4O4/c1-26-27(2)43(52)47(3)24-35(26)33-21-37(44)36(40(22-33)53-4)25-48-15-14-34-30(6-5-7-32(34)23-48)18-28-12-16-49(17-13-28)39-10-8-29(20-38(39)45)19-31-9-11-41(50)46-42(31)51/h5-8,10,20-22,24,28,31H,9,11-19,23,25H2,1-4H3,(H,46,50,51)/t31-/m1/s1. The zero-order chi connectivity index (χ0) is 37.4. The van der Waals surface area contributed by atoms with Crippen molar-refractivity contribution in [1.29, 1.82) is 0 Å². The predicted octanol–water partition coefficient (Wildman–Crippen LogP) is 7.08. The number of rotatable bonds is 9. The van der Waals surface area contributed by atoms with Crippen LogP contribution in [0.25, 0.3) is 11.1 Å². The van der Waals surface area contributed by atoms with Gasteiger partial charge in [-0.3, -0.25) is 24.6 Å². The lowest BCUT2D eigenvalue weighted by Gasteiger charge is -2.35. The Morgan fingerprint density at radius 3 is 2.47 bits per heavy atom. The molecule has 0 spiro atoms. The third kappa shape index (κ3) is 7.78. The molecule has 0 aliphatic carbocycles. The Balaban J connectivity index is 0.971. The number of hydrogen-bond acceptors (Lipinski definition) is 6. The number of carbonyl (C=O) groups excluding carboxylic acids is 2. The monoisotopic (exact) mass is 738 g/mol. The average molecular weight is 739 g/mol. The molecule has 4 aromatic rings. The second-order valence-corrected chi connectivity index (χ2v) is 15.5. The van der Waals surface area contributed by atoms with Gasteiger partial charge in [0.05, 0.1) is 12.8 Å². The van der Waals surface area contributed by atoms with Gasteiger partial charge in [-0.25, -0.2) is 4.39 Å². The number of amides is 2. The molecule has 1 N–H and O–H groups in total. The maximum atomic E-state index is 15.3. The molecule has 53 heavy (non-hydrogen) atoms. The lowest BCUT2D eigenvalue weighted by molar-refractivity contribution is -0.136. The van der Waals surface area contributed by atoms with Crippen LogP contribution in [0.2, 0.25) is 5.02 Å². The van der Waals surface area contributed by atoms with E-state index in [4.69, 9.17) is 16.3 Å². The van der Waals surface area contributed by atoms with E-state index in [1.165, 1.54) is 16.7 Å². The fraction of sp³-hybridized carbons (Fsp3) is 0.419. The first-order valence-corrected chi connectivity index (χ1v) is 19.1. The number of nitrogens with zero attached hydrogens (tertiary/aromatic N) is 3. The molecule has 1 aromatic heterocycles. The van der Waals surface area contributed by atoms with Gasteiger partial charge in [-0.1, -0.05) is 35.9 Å². The number of aryl methyl sites for hydroxylation is 1. The molecule has 0 saturated carbocycles. The van der Waals surface area contributed by atoms with Crippen molar-refractivity contribution in [2.75, 3.05) is 31.6 Å². The van der Waals surface area contributed by atoms with Crippen LogP contribution < -0.4 is 20.5 Å². The van der Waals surface area contributed by atoms with Gasteiger partial charge in [0, 0.05) is 80.0 Å². The fourth-order valence-electron chi connectivity index (χ4n) is 8.51. The van der Waals surface area contributed by atoms with Crippen molar-refractivity contribution in [2.24, 2.45) is 18.9 Å². The molecule has 1 atom stereocenters. The van der Waals surface area contributed by atoms with Gasteiger partial charge < -0.3 is 14.2 Å². The van der Waals surface area contributed by atoms with Gasteiger partial charge in [0.2, 0.25) is 11.8 Å². The fourth-order valence-corrected chi connectivity index (χ4v) is 8.78. The Bertz CT molecular complexity index is 2120. The SMILES string of the molecule is COc1cc(-c2cn(C)c(=O)c(C)c2C)cc(Cl)c1CN1CCc2c(CC3CCN(c4ccc(C[C@H]5CCC(=O)NC5=O)cc4F)CC3)cccc2C1. The second-order valence-electron chi connectivity index (χ2n) is 15.1. The number of fused-ring (bicyclic) bond motifs is 1. The van der Waals surface area contributed by atoms with Crippen molar-refractivity contribution in [1.82, 2.24) is 14.8 Å². The van der Waals surface area contributed by atoms with E-state index in [1.807, 2.05) is 44.3 Å². The molecule has 8 nitrogen and oxygen atoms in total. The van der Waals surface area contributed by atoms with Crippen molar-refractivity contribution in [2.45, 2.75) is 71.9 Å². The number of aromatic nitrogens is 1. The quantitative estimate of drug-likeness (QED) is 0.185. The van der Waals surface area contributed by atoms with Crippen LogP contribution in [0.15, 0.2) is 59.5 Å². The molecule has 10 heteroatoms. The first-order valence-electron chi connectivity index (χ1n) is 18.7. The molecule has 3 aromatic carbocycles. The summed E-state index contributed by atoms with van der Waals surface area (Å²) in [6, 6.07) is 16.0. The van der Waals surface area contributed by atoms with Gasteiger partial charge >= 0.3 is 0 Å². The maximum absolute atomic E-state index is 15.3. The van der Waals surface area contributed by atoms with Crippen LogP contribution in [-0.4, -0.2) is 48.0 Å². The first kappa shape index (κ1) is 36.9. The van der Waals surface area contributed by atoms with E-state index in [1.54, 1.807) is 24.8 Å². The third-order valence-electron chi connectivity index (χ3n) is 11.8. The highest BCUT2D eigenvalue weighted by molar-refractivity contribution is 6.32. The molecule has 278 valence electrons. The van der Waals surface area contributed by atoms with Gasteiger partial charge in [-0.2, -0.15) is 0 Å². The molecule has 3 aliphatic heterocycles. The topological polar surface area (TPSA) is 83.9 Å². The molecule has 0 radical (unpaired) electrons. The van der Waals surface area contributed by atoms with Crippen molar-refractivity contribution < 1.29 is 18.7 Å². The average Bonchev–Trinajstić information content (AvgIpc) is 3.14. The minimum atomic E-state index is -0.297. The Kier molecular flexibility index (Phi) is 10.8. The van der Waals surface area contributed by atoms with Crippen molar-refractivity contribution in [3.8, 4) is 16.9 Å². The number of hydrogen-bond donors (Lipinski definition) is 1. The number of imide groups is 1. The van der Waals surface area contributed by atoms with Gasteiger partial charge in [0.25, 0.3) is 5.56 Å². The summed E-state index contributed by atoms with van der Waals surface area (Å²) < 4.78 is 22.8. The number of pyridine rings is 1. The summed E-state index contributed by atoms with van der Waals surface area (Å²) in [5, 5.41) is 3.05.